The van der Waals surface area contributed by atoms with E-state index in [0.717, 1.165) is 11.1 Å². The number of nitrogens with two attached hydrogens (primary N) is 1. The summed E-state index contributed by atoms with van der Waals surface area (Å²) in [5.74, 6) is 2.22. The molecule has 0 aliphatic heterocycles. The number of hydrogen-bond acceptors (Lipinski definition) is 5. The van der Waals surface area contributed by atoms with Crippen molar-refractivity contribution < 1.29 is 18.9 Å². The molecule has 0 unspecified atom stereocenters. The Morgan fingerprint density at radius 2 is 1.17 bits per heavy atom. The van der Waals surface area contributed by atoms with Crippen molar-refractivity contribution in [3.8, 4) is 23.0 Å². The number of ether oxygens (including phenoxy) is 4. The molecule has 0 spiro atoms. The smallest absolute Gasteiger partial charge is 0.207 e. The second-order valence-electron chi connectivity index (χ2n) is 3.44. The van der Waals surface area contributed by atoms with Crippen LogP contribution in [0, 0.1) is 6.92 Å². The summed E-state index contributed by atoms with van der Waals surface area (Å²) in [4.78, 5) is 0. The van der Waals surface area contributed by atoms with E-state index in [-0.39, 0.29) is 12.4 Å². The highest BCUT2D eigenvalue weighted by atomic mass is 35.5. The van der Waals surface area contributed by atoms with Crippen molar-refractivity contribution in [2.24, 2.45) is 5.73 Å². The predicted octanol–water partition coefficient (Wildman–Crippen LogP) is 1.91. The quantitative estimate of drug-likeness (QED) is 0.891. The van der Waals surface area contributed by atoms with E-state index in [1.54, 1.807) is 28.4 Å². The number of rotatable bonds is 5. The van der Waals surface area contributed by atoms with E-state index in [1.807, 2.05) is 6.92 Å². The van der Waals surface area contributed by atoms with Gasteiger partial charge in [0.15, 0.2) is 11.5 Å². The van der Waals surface area contributed by atoms with Gasteiger partial charge < -0.3 is 24.7 Å². The molecule has 0 atom stereocenters. The third-order valence-corrected chi connectivity index (χ3v) is 2.71. The van der Waals surface area contributed by atoms with Crippen LogP contribution in [0.4, 0.5) is 0 Å². The number of methoxy groups -OCH3 is 4. The molecule has 1 rings (SSSR count). The van der Waals surface area contributed by atoms with E-state index < -0.39 is 0 Å². The van der Waals surface area contributed by atoms with E-state index in [2.05, 4.69) is 0 Å². The van der Waals surface area contributed by atoms with Crippen molar-refractivity contribution in [3.63, 3.8) is 0 Å². The summed E-state index contributed by atoms with van der Waals surface area (Å²) < 4.78 is 21.3. The van der Waals surface area contributed by atoms with Crippen LogP contribution in [0.25, 0.3) is 0 Å². The van der Waals surface area contributed by atoms with Crippen LogP contribution < -0.4 is 24.7 Å². The maximum atomic E-state index is 5.73. The Morgan fingerprint density at radius 1 is 0.778 bits per heavy atom. The summed E-state index contributed by atoms with van der Waals surface area (Å²) in [6.07, 6.45) is 0. The topological polar surface area (TPSA) is 62.9 Å². The Hall–Kier alpha value is -1.33. The molecule has 0 saturated heterocycles. The summed E-state index contributed by atoms with van der Waals surface area (Å²) in [5.41, 5.74) is 7.48. The highest BCUT2D eigenvalue weighted by Gasteiger charge is 2.24. The van der Waals surface area contributed by atoms with Gasteiger partial charge in [-0.15, -0.1) is 12.4 Å². The maximum Gasteiger partial charge on any atom is 0.207 e. The zero-order valence-corrected chi connectivity index (χ0v) is 12.1. The first-order valence-corrected chi connectivity index (χ1v) is 5.21. The molecule has 5 nitrogen and oxygen atoms in total. The molecule has 104 valence electrons. The van der Waals surface area contributed by atoms with Crippen LogP contribution >= 0.6 is 12.4 Å². The first-order valence-electron chi connectivity index (χ1n) is 5.21. The van der Waals surface area contributed by atoms with Gasteiger partial charge in [-0.3, -0.25) is 0 Å². The van der Waals surface area contributed by atoms with Gasteiger partial charge in [0.25, 0.3) is 0 Å². The van der Waals surface area contributed by atoms with Gasteiger partial charge >= 0.3 is 0 Å². The molecular formula is C12H20ClNO4. The molecule has 0 fully saturated rings. The van der Waals surface area contributed by atoms with Gasteiger partial charge in [-0.2, -0.15) is 0 Å². The fourth-order valence-electron chi connectivity index (χ4n) is 1.90. The molecule has 1 aromatic rings. The molecule has 2 N–H and O–H groups in total. The Bertz CT molecular complexity index is 377. The largest absolute Gasteiger partial charge is 0.492 e. The fourth-order valence-corrected chi connectivity index (χ4v) is 1.90. The monoisotopic (exact) mass is 277 g/mol. The highest BCUT2D eigenvalue weighted by Crippen LogP contribution is 2.48. The van der Waals surface area contributed by atoms with Crippen LogP contribution in [-0.2, 0) is 6.54 Å². The van der Waals surface area contributed by atoms with Crippen molar-refractivity contribution in [1.29, 1.82) is 0 Å². The minimum Gasteiger partial charge on any atom is -0.492 e. The number of benzene rings is 1. The fraction of sp³-hybridized carbons (Fsp3) is 0.500. The Morgan fingerprint density at radius 3 is 1.50 bits per heavy atom. The second-order valence-corrected chi connectivity index (χ2v) is 3.44. The Balaban J connectivity index is 0.00000289. The van der Waals surface area contributed by atoms with Crippen LogP contribution in [0.3, 0.4) is 0 Å². The summed E-state index contributed by atoms with van der Waals surface area (Å²) in [6, 6.07) is 0. The van der Waals surface area contributed by atoms with Gasteiger partial charge in [0.05, 0.1) is 28.4 Å². The van der Waals surface area contributed by atoms with Crippen molar-refractivity contribution >= 4 is 12.4 Å². The van der Waals surface area contributed by atoms with Crippen LogP contribution in [-0.4, -0.2) is 28.4 Å². The highest BCUT2D eigenvalue weighted by molar-refractivity contribution is 5.85. The van der Waals surface area contributed by atoms with E-state index >= 15 is 0 Å². The second kappa shape index (κ2) is 7.18. The van der Waals surface area contributed by atoms with Crippen molar-refractivity contribution in [2.45, 2.75) is 13.5 Å². The molecule has 0 aliphatic rings. The SMILES string of the molecule is COc1c(C)c(CN)c(OC)c(OC)c1OC.Cl. The molecule has 0 radical (unpaired) electrons. The normalized spacial score (nSPS) is 9.44. The maximum absolute atomic E-state index is 5.73. The lowest BCUT2D eigenvalue weighted by Gasteiger charge is -2.20. The summed E-state index contributed by atoms with van der Waals surface area (Å²) in [6.45, 7) is 2.25. The zero-order valence-electron chi connectivity index (χ0n) is 11.3. The lowest BCUT2D eigenvalue weighted by molar-refractivity contribution is 0.302. The van der Waals surface area contributed by atoms with E-state index in [9.17, 15) is 0 Å². The summed E-state index contributed by atoms with van der Waals surface area (Å²) in [7, 11) is 6.26. The van der Waals surface area contributed by atoms with E-state index in [0.29, 0.717) is 29.5 Å². The lowest BCUT2D eigenvalue weighted by atomic mass is 10.0. The van der Waals surface area contributed by atoms with E-state index in [1.165, 1.54) is 0 Å². The minimum atomic E-state index is 0. The van der Waals surface area contributed by atoms with Crippen LogP contribution in [0.1, 0.15) is 11.1 Å². The zero-order chi connectivity index (χ0) is 13.0. The molecule has 1 aromatic carbocycles. The van der Waals surface area contributed by atoms with Gasteiger partial charge in [0, 0.05) is 17.7 Å². The molecule has 0 aromatic heterocycles. The van der Waals surface area contributed by atoms with Gasteiger partial charge in [0.2, 0.25) is 11.5 Å². The van der Waals surface area contributed by atoms with Gasteiger partial charge in [-0.05, 0) is 6.92 Å². The Labute approximate surface area is 114 Å². The molecule has 0 heterocycles. The molecule has 0 bridgehead atoms. The molecular weight excluding hydrogens is 258 g/mol. The van der Waals surface area contributed by atoms with Crippen molar-refractivity contribution in [2.75, 3.05) is 28.4 Å². The molecule has 0 aliphatic carbocycles. The summed E-state index contributed by atoms with van der Waals surface area (Å²) in [5, 5.41) is 0. The van der Waals surface area contributed by atoms with Crippen LogP contribution in [0.15, 0.2) is 0 Å². The first kappa shape index (κ1) is 16.7. The van der Waals surface area contributed by atoms with E-state index in [4.69, 9.17) is 24.7 Å². The molecule has 6 heteroatoms. The number of hydrogen-bond donors (Lipinski definition) is 1. The average molecular weight is 278 g/mol. The lowest BCUT2D eigenvalue weighted by Crippen LogP contribution is -2.07. The first-order chi connectivity index (χ1) is 8.15. The van der Waals surface area contributed by atoms with Crippen molar-refractivity contribution in [1.82, 2.24) is 0 Å². The van der Waals surface area contributed by atoms with Crippen LogP contribution in [0.2, 0.25) is 0 Å². The molecule has 0 amide bonds. The number of halogens is 1. The van der Waals surface area contributed by atoms with Gasteiger partial charge in [-0.25, -0.2) is 0 Å². The average Bonchev–Trinajstić information content (AvgIpc) is 2.36. The van der Waals surface area contributed by atoms with Crippen molar-refractivity contribution in [3.05, 3.63) is 11.1 Å². The van der Waals surface area contributed by atoms with Gasteiger partial charge in [0.1, 0.15) is 0 Å². The van der Waals surface area contributed by atoms with Gasteiger partial charge in [-0.1, -0.05) is 0 Å². The standard InChI is InChI=1S/C12H19NO4.ClH/c1-7-8(6-13)10(15-3)12(17-5)11(16-4)9(7)14-2;/h6,13H2,1-5H3;1H. The van der Waals surface area contributed by atoms with Crippen LogP contribution in [0.5, 0.6) is 23.0 Å². The minimum absolute atomic E-state index is 0. The third-order valence-electron chi connectivity index (χ3n) is 2.71. The molecule has 0 saturated carbocycles. The third kappa shape index (κ3) is 2.57. The molecule has 18 heavy (non-hydrogen) atoms. The Kier molecular flexibility index (Phi) is 6.65. The predicted molar refractivity (Wildman–Crippen MR) is 72.5 cm³/mol. The summed E-state index contributed by atoms with van der Waals surface area (Å²) >= 11 is 0.